The van der Waals surface area contributed by atoms with Gasteiger partial charge in [0, 0.05) is 10.8 Å². The van der Waals surface area contributed by atoms with Crippen molar-refractivity contribution in [1.29, 1.82) is 0 Å². The Morgan fingerprint density at radius 1 is 0.610 bits per heavy atom. The first-order chi connectivity index (χ1) is 19.7. The second-order valence-electron chi connectivity index (χ2n) is 13.1. The first kappa shape index (κ1) is 27.3. The molecule has 7 rings (SSSR count). The van der Waals surface area contributed by atoms with Crippen molar-refractivity contribution in [3.63, 3.8) is 0 Å². The molecule has 0 saturated carbocycles. The normalized spacial score (nSPS) is 17.0. The number of hydrogen-bond acceptors (Lipinski definition) is 0. The fraction of sp³-hybridized carbons (Fsp3) is 0.268. The van der Waals surface area contributed by atoms with E-state index in [1.165, 1.54) is 75.1 Å². The topological polar surface area (TPSA) is 0 Å². The van der Waals surface area contributed by atoms with Gasteiger partial charge in [-0.05, 0) is 93.1 Å². The molecule has 0 fully saturated rings. The molecule has 5 aromatic carbocycles. The lowest BCUT2D eigenvalue weighted by atomic mass is 9.67. The minimum atomic E-state index is 0.0912. The van der Waals surface area contributed by atoms with Gasteiger partial charge in [-0.3, -0.25) is 0 Å². The molecule has 2 aliphatic carbocycles. The lowest BCUT2D eigenvalue weighted by molar-refractivity contribution is 0.563. The molecule has 0 spiro atoms. The van der Waals surface area contributed by atoms with Gasteiger partial charge in [0.25, 0.3) is 0 Å². The third-order valence-electron chi connectivity index (χ3n) is 9.22. The summed E-state index contributed by atoms with van der Waals surface area (Å²) in [6.45, 7) is 11.4. The van der Waals surface area contributed by atoms with Crippen molar-refractivity contribution in [2.24, 2.45) is 0 Å². The van der Waals surface area contributed by atoms with Crippen LogP contribution in [0, 0.1) is 0 Å². The van der Waals surface area contributed by atoms with E-state index < -0.39 is 0 Å². The summed E-state index contributed by atoms with van der Waals surface area (Å²) >= 11 is 0. The number of allylic oxidation sites excluding steroid dienone is 3. The van der Waals surface area contributed by atoms with Crippen molar-refractivity contribution in [1.82, 2.24) is 0 Å². The van der Waals surface area contributed by atoms with Crippen LogP contribution in [-0.4, -0.2) is 0 Å². The quantitative estimate of drug-likeness (QED) is 0.120. The van der Waals surface area contributed by atoms with Gasteiger partial charge in [-0.25, -0.2) is 0 Å². The Morgan fingerprint density at radius 3 is 2.10 bits per heavy atom. The van der Waals surface area contributed by atoms with Crippen molar-refractivity contribution in [2.75, 3.05) is 0 Å². The highest BCUT2D eigenvalue weighted by Gasteiger charge is 2.32. The van der Waals surface area contributed by atoms with Crippen LogP contribution in [0.5, 0.6) is 0 Å². The van der Waals surface area contributed by atoms with Gasteiger partial charge >= 0.3 is 0 Å². The Bertz CT molecular complexity index is 1780. The van der Waals surface area contributed by atoms with Gasteiger partial charge in [0.05, 0.1) is 0 Å². The molecule has 0 radical (unpaired) electrons. The van der Waals surface area contributed by atoms with Crippen molar-refractivity contribution in [3.8, 4) is 0 Å². The Morgan fingerprint density at radius 2 is 1.29 bits per heavy atom. The predicted molar refractivity (Wildman–Crippen MR) is 180 cm³/mol. The van der Waals surface area contributed by atoms with Gasteiger partial charge in [-0.1, -0.05) is 143 Å². The first-order valence-corrected chi connectivity index (χ1v) is 15.2. The van der Waals surface area contributed by atoms with Gasteiger partial charge in [0.2, 0.25) is 0 Å². The van der Waals surface area contributed by atoms with Gasteiger partial charge in [-0.2, -0.15) is 0 Å². The maximum atomic E-state index is 2.38. The second kappa shape index (κ2) is 10.8. The Kier molecular flexibility index (Phi) is 7.20. The highest BCUT2D eigenvalue weighted by molar-refractivity contribution is 6.08. The zero-order valence-electron chi connectivity index (χ0n) is 25.3. The molecule has 0 heterocycles. The molecule has 2 aliphatic rings. The van der Waals surface area contributed by atoms with Crippen LogP contribution in [0.25, 0.3) is 33.2 Å². The van der Waals surface area contributed by atoms with Crippen molar-refractivity contribution >= 4 is 33.2 Å². The third-order valence-corrected chi connectivity index (χ3v) is 9.22. The minimum Gasteiger partial charge on any atom is -0.0776 e. The minimum absolute atomic E-state index is 0.0912. The molecular formula is C41H42. The zero-order chi connectivity index (χ0) is 28.6. The Labute approximate surface area is 246 Å². The zero-order valence-corrected chi connectivity index (χ0v) is 25.3. The molecular weight excluding hydrogens is 492 g/mol. The molecule has 0 unspecified atom stereocenters. The summed E-state index contributed by atoms with van der Waals surface area (Å²) in [4.78, 5) is 0. The Balaban J connectivity index is 0.000000151. The van der Waals surface area contributed by atoms with Crippen LogP contribution < -0.4 is 0 Å². The van der Waals surface area contributed by atoms with E-state index in [4.69, 9.17) is 0 Å². The van der Waals surface area contributed by atoms with Crippen molar-refractivity contribution in [3.05, 3.63) is 143 Å². The third kappa shape index (κ3) is 5.41. The second-order valence-corrected chi connectivity index (χ2v) is 13.1. The maximum Gasteiger partial charge on any atom is 0.00789 e. The van der Waals surface area contributed by atoms with E-state index in [2.05, 4.69) is 150 Å². The number of aryl methyl sites for hydroxylation is 2. The van der Waals surface area contributed by atoms with Crippen LogP contribution in [0.2, 0.25) is 0 Å². The Hall–Kier alpha value is -3.90. The summed E-state index contributed by atoms with van der Waals surface area (Å²) in [6.07, 6.45) is 12.2. The standard InChI is InChI=1S/C23H26.C18H16/c1-17(15-18-9-7-6-8-10-18)19-11-12-20-21(16-19)23(4,5)14-13-22(20,2)3;1-3-7-15-13(5-1)9-11-18-16-8-4-2-6-14(16)10-12-17(15)18/h6-16H,1-5H3;1,3,5,7,9-12H,2,4,6,8H2. The van der Waals surface area contributed by atoms with Crippen LogP contribution in [0.1, 0.15) is 80.8 Å². The van der Waals surface area contributed by atoms with Crippen molar-refractivity contribution < 1.29 is 0 Å². The molecule has 0 N–H and O–H groups in total. The average Bonchev–Trinajstić information content (AvgIpc) is 3.00. The predicted octanol–water partition coefficient (Wildman–Crippen LogP) is 11.2. The smallest absolute Gasteiger partial charge is 0.00789 e. The number of benzene rings is 5. The fourth-order valence-electron chi connectivity index (χ4n) is 6.71. The van der Waals surface area contributed by atoms with Crippen LogP contribution in [0.4, 0.5) is 0 Å². The van der Waals surface area contributed by atoms with Gasteiger partial charge < -0.3 is 0 Å². The summed E-state index contributed by atoms with van der Waals surface area (Å²) in [7, 11) is 0. The van der Waals surface area contributed by atoms with Crippen LogP contribution in [0.15, 0.2) is 109 Å². The van der Waals surface area contributed by atoms with E-state index in [9.17, 15) is 0 Å². The summed E-state index contributed by atoms with van der Waals surface area (Å²) < 4.78 is 0. The largest absolute Gasteiger partial charge is 0.0776 e. The van der Waals surface area contributed by atoms with Gasteiger partial charge in [0.15, 0.2) is 0 Å². The molecule has 41 heavy (non-hydrogen) atoms. The molecule has 0 nitrogen and oxygen atoms in total. The van der Waals surface area contributed by atoms with Crippen molar-refractivity contribution in [2.45, 2.75) is 71.1 Å². The number of rotatable bonds is 2. The van der Waals surface area contributed by atoms with Gasteiger partial charge in [-0.15, -0.1) is 0 Å². The van der Waals surface area contributed by atoms with Crippen LogP contribution >= 0.6 is 0 Å². The van der Waals surface area contributed by atoms with Crippen LogP contribution in [-0.2, 0) is 23.7 Å². The maximum absolute atomic E-state index is 2.38. The highest BCUT2D eigenvalue weighted by atomic mass is 14.4. The van der Waals surface area contributed by atoms with E-state index in [0.29, 0.717) is 0 Å². The fourth-order valence-corrected chi connectivity index (χ4v) is 6.71. The summed E-state index contributed by atoms with van der Waals surface area (Å²) in [5.41, 5.74) is 10.1. The lowest BCUT2D eigenvalue weighted by Gasteiger charge is -2.37. The van der Waals surface area contributed by atoms with E-state index in [0.717, 1.165) is 0 Å². The molecule has 5 aromatic rings. The number of fused-ring (bicyclic) bond motifs is 6. The SMILES string of the molecule is CC(=Cc1ccccc1)c1ccc2c(c1)C(C)(C)C=CC2(C)C.c1ccc2c(c1)ccc1c3c(ccc12)CCCC3. The molecule has 0 atom stereocenters. The summed E-state index contributed by atoms with van der Waals surface area (Å²) in [5.74, 6) is 0. The van der Waals surface area contributed by atoms with E-state index in [1.807, 2.05) is 0 Å². The molecule has 0 saturated heterocycles. The summed E-state index contributed by atoms with van der Waals surface area (Å²) in [5, 5.41) is 5.64. The molecule has 0 heteroatoms. The van der Waals surface area contributed by atoms with E-state index in [-0.39, 0.29) is 10.8 Å². The number of hydrogen-bond donors (Lipinski definition) is 0. The molecule has 0 amide bonds. The average molecular weight is 535 g/mol. The summed E-state index contributed by atoms with van der Waals surface area (Å²) in [6, 6.07) is 35.5. The molecule has 0 bridgehead atoms. The van der Waals surface area contributed by atoms with Gasteiger partial charge in [0.1, 0.15) is 0 Å². The lowest BCUT2D eigenvalue weighted by Crippen LogP contribution is -2.29. The van der Waals surface area contributed by atoms with E-state index >= 15 is 0 Å². The molecule has 0 aromatic heterocycles. The highest BCUT2D eigenvalue weighted by Crippen LogP contribution is 2.42. The monoisotopic (exact) mass is 534 g/mol. The molecule has 0 aliphatic heterocycles. The van der Waals surface area contributed by atoms with Crippen LogP contribution in [0.3, 0.4) is 0 Å². The molecule has 206 valence electrons. The first-order valence-electron chi connectivity index (χ1n) is 15.2. The van der Waals surface area contributed by atoms with E-state index in [1.54, 1.807) is 11.1 Å².